The molecular formula is C18H27N3O4. The summed E-state index contributed by atoms with van der Waals surface area (Å²) in [4.78, 5) is 35.3. The van der Waals surface area contributed by atoms with Gasteiger partial charge in [0.05, 0.1) is 5.56 Å². The first-order valence-corrected chi connectivity index (χ1v) is 8.45. The van der Waals surface area contributed by atoms with E-state index in [0.717, 1.165) is 12.0 Å². The van der Waals surface area contributed by atoms with Crippen molar-refractivity contribution in [3.63, 3.8) is 0 Å². The number of carbonyl (C=O) groups is 3. The fourth-order valence-electron chi connectivity index (χ4n) is 1.93. The highest BCUT2D eigenvalue weighted by Crippen LogP contribution is 2.08. The number of amides is 3. The highest BCUT2D eigenvalue weighted by Gasteiger charge is 2.18. The van der Waals surface area contributed by atoms with Gasteiger partial charge in [0.15, 0.2) is 6.10 Å². The molecule has 1 aromatic rings. The molecule has 0 spiro atoms. The quantitative estimate of drug-likeness (QED) is 0.625. The van der Waals surface area contributed by atoms with Crippen LogP contribution in [0, 0.1) is 0 Å². The lowest BCUT2D eigenvalue weighted by atomic mass is 10.1. The van der Waals surface area contributed by atoms with Gasteiger partial charge in [-0.25, -0.2) is 9.59 Å². The number of ether oxygens (including phenoxy) is 1. The van der Waals surface area contributed by atoms with Gasteiger partial charge in [-0.05, 0) is 44.9 Å². The van der Waals surface area contributed by atoms with Crippen LogP contribution in [0.5, 0.6) is 0 Å². The van der Waals surface area contributed by atoms with Crippen molar-refractivity contribution < 1.29 is 19.1 Å². The first-order chi connectivity index (χ1) is 11.8. The lowest BCUT2D eigenvalue weighted by molar-refractivity contribution is -0.129. The van der Waals surface area contributed by atoms with E-state index < -0.39 is 12.1 Å². The average Bonchev–Trinajstić information content (AvgIpc) is 2.57. The van der Waals surface area contributed by atoms with Gasteiger partial charge in [0, 0.05) is 19.1 Å². The highest BCUT2D eigenvalue weighted by molar-refractivity contribution is 5.92. The molecule has 25 heavy (non-hydrogen) atoms. The maximum absolute atomic E-state index is 12.1. The van der Waals surface area contributed by atoms with Crippen molar-refractivity contribution in [3.05, 3.63) is 35.4 Å². The van der Waals surface area contributed by atoms with Crippen molar-refractivity contribution in [2.45, 2.75) is 52.8 Å². The van der Waals surface area contributed by atoms with E-state index >= 15 is 0 Å². The Morgan fingerprint density at radius 1 is 1.04 bits per heavy atom. The minimum atomic E-state index is -0.847. The van der Waals surface area contributed by atoms with Gasteiger partial charge in [0.2, 0.25) is 0 Å². The minimum Gasteiger partial charge on any atom is -0.449 e. The smallest absolute Gasteiger partial charge is 0.338 e. The van der Waals surface area contributed by atoms with Crippen LogP contribution in [0.4, 0.5) is 4.79 Å². The van der Waals surface area contributed by atoms with Crippen LogP contribution in [0.1, 0.15) is 50.0 Å². The number of urea groups is 1. The summed E-state index contributed by atoms with van der Waals surface area (Å²) in [5.74, 6) is -0.872. The monoisotopic (exact) mass is 349 g/mol. The SMILES string of the molecule is CCCNC(=O)[C@@H](C)OC(=O)c1ccc(CNC(=O)NC(C)C)cc1. The van der Waals surface area contributed by atoms with Crippen molar-refractivity contribution in [3.8, 4) is 0 Å². The first-order valence-electron chi connectivity index (χ1n) is 8.45. The molecule has 0 bridgehead atoms. The molecule has 0 aliphatic carbocycles. The zero-order valence-corrected chi connectivity index (χ0v) is 15.2. The standard InChI is InChI=1S/C18H27N3O4/c1-5-10-19-16(22)13(4)25-17(23)15-8-6-14(7-9-15)11-20-18(24)21-12(2)3/h6-9,12-13H,5,10-11H2,1-4H3,(H,19,22)(H2,20,21,24)/t13-/m1/s1. The zero-order valence-electron chi connectivity index (χ0n) is 15.2. The summed E-state index contributed by atoms with van der Waals surface area (Å²) in [6.45, 7) is 8.14. The molecule has 1 rings (SSSR count). The Labute approximate surface area is 148 Å². The number of benzene rings is 1. The highest BCUT2D eigenvalue weighted by atomic mass is 16.5. The summed E-state index contributed by atoms with van der Waals surface area (Å²) in [6.07, 6.45) is -0.0305. The fraction of sp³-hybridized carbons (Fsp3) is 0.500. The topological polar surface area (TPSA) is 96.5 Å². The maximum Gasteiger partial charge on any atom is 0.338 e. The van der Waals surface area contributed by atoms with E-state index in [0.29, 0.717) is 18.7 Å². The molecule has 0 saturated heterocycles. The predicted molar refractivity (Wildman–Crippen MR) is 95.1 cm³/mol. The molecule has 0 heterocycles. The number of nitrogens with one attached hydrogen (secondary N) is 3. The van der Waals surface area contributed by atoms with E-state index in [-0.39, 0.29) is 18.0 Å². The second-order valence-corrected chi connectivity index (χ2v) is 6.02. The Morgan fingerprint density at radius 2 is 1.68 bits per heavy atom. The van der Waals surface area contributed by atoms with Crippen LogP contribution >= 0.6 is 0 Å². The molecule has 0 aliphatic rings. The third-order valence-electron chi connectivity index (χ3n) is 3.26. The number of carbonyl (C=O) groups excluding carboxylic acids is 3. The summed E-state index contributed by atoms with van der Waals surface area (Å²) in [5, 5.41) is 8.13. The molecule has 0 fully saturated rings. The fourth-order valence-corrected chi connectivity index (χ4v) is 1.93. The molecule has 0 aromatic heterocycles. The summed E-state index contributed by atoms with van der Waals surface area (Å²) in [7, 11) is 0. The van der Waals surface area contributed by atoms with Gasteiger partial charge in [0.25, 0.3) is 5.91 Å². The molecular weight excluding hydrogens is 322 g/mol. The number of esters is 1. The number of hydrogen-bond donors (Lipinski definition) is 3. The van der Waals surface area contributed by atoms with Crippen molar-refractivity contribution in [1.82, 2.24) is 16.0 Å². The Hall–Kier alpha value is -2.57. The van der Waals surface area contributed by atoms with Crippen LogP contribution in [0.2, 0.25) is 0 Å². The molecule has 138 valence electrons. The number of hydrogen-bond acceptors (Lipinski definition) is 4. The van der Waals surface area contributed by atoms with Crippen molar-refractivity contribution in [2.75, 3.05) is 6.54 Å². The van der Waals surface area contributed by atoms with E-state index in [1.807, 2.05) is 20.8 Å². The van der Waals surface area contributed by atoms with Crippen LogP contribution in [0.25, 0.3) is 0 Å². The van der Waals surface area contributed by atoms with E-state index in [4.69, 9.17) is 4.74 Å². The third kappa shape index (κ3) is 7.69. The molecule has 0 aliphatic heterocycles. The molecule has 1 atom stereocenters. The van der Waals surface area contributed by atoms with Crippen molar-refractivity contribution in [2.24, 2.45) is 0 Å². The Bertz CT molecular complexity index is 584. The van der Waals surface area contributed by atoms with Crippen molar-refractivity contribution in [1.29, 1.82) is 0 Å². The van der Waals surface area contributed by atoms with Gasteiger partial charge in [-0.15, -0.1) is 0 Å². The first kappa shape index (κ1) is 20.5. The van der Waals surface area contributed by atoms with E-state index in [2.05, 4.69) is 16.0 Å². The Balaban J connectivity index is 2.50. The van der Waals surface area contributed by atoms with Crippen LogP contribution in [0.15, 0.2) is 24.3 Å². The maximum atomic E-state index is 12.1. The van der Waals surface area contributed by atoms with E-state index in [1.54, 1.807) is 24.3 Å². The minimum absolute atomic E-state index is 0.0636. The third-order valence-corrected chi connectivity index (χ3v) is 3.26. The predicted octanol–water partition coefficient (Wildman–Crippen LogP) is 1.97. The summed E-state index contributed by atoms with van der Waals surface area (Å²) >= 11 is 0. The molecule has 0 saturated carbocycles. The van der Waals surface area contributed by atoms with Crippen LogP contribution < -0.4 is 16.0 Å². The van der Waals surface area contributed by atoms with Gasteiger partial charge in [-0.3, -0.25) is 4.79 Å². The van der Waals surface area contributed by atoms with Gasteiger partial charge in [0.1, 0.15) is 0 Å². The van der Waals surface area contributed by atoms with Gasteiger partial charge >= 0.3 is 12.0 Å². The lowest BCUT2D eigenvalue weighted by Gasteiger charge is -2.13. The largest absolute Gasteiger partial charge is 0.449 e. The summed E-state index contributed by atoms with van der Waals surface area (Å²) in [5.41, 5.74) is 1.20. The van der Waals surface area contributed by atoms with Crippen LogP contribution in [-0.2, 0) is 16.1 Å². The molecule has 3 N–H and O–H groups in total. The molecule has 0 radical (unpaired) electrons. The second kappa shape index (κ2) is 10.3. The van der Waals surface area contributed by atoms with Crippen molar-refractivity contribution >= 4 is 17.9 Å². The average molecular weight is 349 g/mol. The number of rotatable bonds is 8. The van der Waals surface area contributed by atoms with E-state index in [9.17, 15) is 14.4 Å². The summed E-state index contributed by atoms with van der Waals surface area (Å²) < 4.78 is 5.15. The molecule has 7 nitrogen and oxygen atoms in total. The van der Waals surface area contributed by atoms with Gasteiger partial charge < -0.3 is 20.7 Å². The molecule has 0 unspecified atom stereocenters. The molecule has 7 heteroatoms. The van der Waals surface area contributed by atoms with E-state index in [1.165, 1.54) is 6.92 Å². The van der Waals surface area contributed by atoms with Gasteiger partial charge in [-0.2, -0.15) is 0 Å². The van der Waals surface area contributed by atoms with Crippen LogP contribution in [0.3, 0.4) is 0 Å². The summed E-state index contributed by atoms with van der Waals surface area (Å²) in [6, 6.07) is 6.49. The molecule has 1 aromatic carbocycles. The lowest BCUT2D eigenvalue weighted by Crippen LogP contribution is -2.39. The zero-order chi connectivity index (χ0) is 18.8. The Kier molecular flexibility index (Phi) is 8.46. The van der Waals surface area contributed by atoms with Gasteiger partial charge in [-0.1, -0.05) is 19.1 Å². The van der Waals surface area contributed by atoms with Crippen LogP contribution in [-0.4, -0.2) is 36.6 Å². The normalized spacial score (nSPS) is 11.6. The molecule has 3 amide bonds. The second-order valence-electron chi connectivity index (χ2n) is 6.02. The Morgan fingerprint density at radius 3 is 2.24 bits per heavy atom.